The molecule has 0 amide bonds. The molecule has 4 rings (SSSR count). The van der Waals surface area contributed by atoms with Gasteiger partial charge < -0.3 is 10.0 Å². The van der Waals surface area contributed by atoms with Crippen molar-refractivity contribution in [1.82, 2.24) is 25.0 Å². The molecule has 0 saturated carbocycles. The molecular weight excluding hydrogens is 404 g/mol. The molecule has 10 heteroatoms. The standard InChI is InChI=1S/C20H26N6O3S/c1-20(2,3)19-21-17-16(18(22-19)25-10-9-14(27)12-25)23-26(24-17)11-13-7-5-6-8-15(13)30(4,28)29/h5-8,14,27H,9-12H2,1-4H3/t14-/m0/s1. The number of aromatic nitrogens is 5. The van der Waals surface area contributed by atoms with E-state index in [2.05, 4.69) is 15.2 Å². The zero-order valence-corrected chi connectivity index (χ0v) is 18.4. The second kappa shape index (κ2) is 7.28. The van der Waals surface area contributed by atoms with Gasteiger partial charge in [0.15, 0.2) is 21.2 Å². The summed E-state index contributed by atoms with van der Waals surface area (Å²) in [5, 5.41) is 19.1. The van der Waals surface area contributed by atoms with E-state index in [0.29, 0.717) is 47.9 Å². The predicted molar refractivity (Wildman–Crippen MR) is 113 cm³/mol. The summed E-state index contributed by atoms with van der Waals surface area (Å²) in [7, 11) is -3.37. The molecule has 0 unspecified atom stereocenters. The van der Waals surface area contributed by atoms with Crippen LogP contribution in [-0.2, 0) is 21.8 Å². The number of nitrogens with zero attached hydrogens (tertiary/aromatic N) is 6. The van der Waals surface area contributed by atoms with E-state index in [1.54, 1.807) is 24.3 Å². The summed E-state index contributed by atoms with van der Waals surface area (Å²) in [5.41, 5.74) is 1.34. The third-order valence-corrected chi connectivity index (χ3v) is 6.29. The molecule has 1 aliphatic rings. The maximum absolute atomic E-state index is 12.1. The van der Waals surface area contributed by atoms with E-state index in [9.17, 15) is 13.5 Å². The van der Waals surface area contributed by atoms with Crippen molar-refractivity contribution in [2.75, 3.05) is 24.2 Å². The van der Waals surface area contributed by atoms with Crippen LogP contribution in [0.15, 0.2) is 29.2 Å². The third kappa shape index (κ3) is 4.01. The van der Waals surface area contributed by atoms with Gasteiger partial charge in [-0.25, -0.2) is 18.4 Å². The Kier molecular flexibility index (Phi) is 5.01. The minimum Gasteiger partial charge on any atom is -0.391 e. The highest BCUT2D eigenvalue weighted by Crippen LogP contribution is 2.29. The average Bonchev–Trinajstić information content (AvgIpc) is 3.25. The lowest BCUT2D eigenvalue weighted by Gasteiger charge is -2.21. The predicted octanol–water partition coefficient (Wildman–Crippen LogP) is 1.54. The van der Waals surface area contributed by atoms with Crippen LogP contribution in [0.4, 0.5) is 5.82 Å². The minimum atomic E-state index is -3.37. The lowest BCUT2D eigenvalue weighted by molar-refractivity contribution is 0.198. The van der Waals surface area contributed by atoms with Crippen molar-refractivity contribution >= 4 is 26.8 Å². The number of hydrogen-bond acceptors (Lipinski definition) is 8. The van der Waals surface area contributed by atoms with E-state index in [4.69, 9.17) is 4.98 Å². The number of hydrogen-bond donors (Lipinski definition) is 1. The average molecular weight is 431 g/mol. The molecule has 1 N–H and O–H groups in total. The first-order chi connectivity index (χ1) is 14.0. The topological polar surface area (TPSA) is 114 Å². The fraction of sp³-hybridized carbons (Fsp3) is 0.500. The Morgan fingerprint density at radius 1 is 1.17 bits per heavy atom. The fourth-order valence-electron chi connectivity index (χ4n) is 3.55. The summed E-state index contributed by atoms with van der Waals surface area (Å²) in [6, 6.07) is 6.84. The van der Waals surface area contributed by atoms with Crippen molar-refractivity contribution in [2.24, 2.45) is 0 Å². The number of aliphatic hydroxyl groups excluding tert-OH is 1. The second-order valence-corrected chi connectivity index (χ2v) is 10.8. The van der Waals surface area contributed by atoms with E-state index in [1.165, 1.54) is 11.1 Å². The van der Waals surface area contributed by atoms with Crippen molar-refractivity contribution in [2.45, 2.75) is 50.2 Å². The van der Waals surface area contributed by atoms with E-state index >= 15 is 0 Å². The molecule has 0 spiro atoms. The molecular formula is C20H26N6O3S. The number of β-amino-alcohol motifs (C(OH)–C–C–N with tert-alkyl or cyclic N) is 1. The Morgan fingerprint density at radius 2 is 1.90 bits per heavy atom. The summed E-state index contributed by atoms with van der Waals surface area (Å²) < 4.78 is 24.3. The van der Waals surface area contributed by atoms with Gasteiger partial charge >= 0.3 is 0 Å². The van der Waals surface area contributed by atoms with Gasteiger partial charge in [0.2, 0.25) is 5.65 Å². The molecule has 0 bridgehead atoms. The lowest BCUT2D eigenvalue weighted by Crippen LogP contribution is -2.25. The Labute approximate surface area is 175 Å². The van der Waals surface area contributed by atoms with E-state index < -0.39 is 15.9 Å². The quantitative estimate of drug-likeness (QED) is 0.663. The van der Waals surface area contributed by atoms with Gasteiger partial charge in [0.1, 0.15) is 5.82 Å². The molecule has 3 heterocycles. The van der Waals surface area contributed by atoms with E-state index in [1.807, 2.05) is 25.7 Å². The van der Waals surface area contributed by atoms with Crippen LogP contribution in [0.25, 0.3) is 11.2 Å². The van der Waals surface area contributed by atoms with Crippen LogP contribution in [0.3, 0.4) is 0 Å². The molecule has 3 aromatic rings. The first-order valence-corrected chi connectivity index (χ1v) is 11.8. The number of benzene rings is 1. The normalized spacial score (nSPS) is 17.8. The van der Waals surface area contributed by atoms with Gasteiger partial charge in [0, 0.05) is 24.8 Å². The van der Waals surface area contributed by atoms with Gasteiger partial charge in [-0.2, -0.15) is 4.80 Å². The number of fused-ring (bicyclic) bond motifs is 1. The summed E-state index contributed by atoms with van der Waals surface area (Å²) in [6.07, 6.45) is 1.47. The largest absolute Gasteiger partial charge is 0.391 e. The smallest absolute Gasteiger partial charge is 0.207 e. The molecule has 9 nitrogen and oxygen atoms in total. The second-order valence-electron chi connectivity index (χ2n) is 8.79. The van der Waals surface area contributed by atoms with Crippen LogP contribution in [0, 0.1) is 0 Å². The minimum absolute atomic E-state index is 0.201. The van der Waals surface area contributed by atoms with Gasteiger partial charge in [-0.05, 0) is 18.1 Å². The third-order valence-electron chi connectivity index (χ3n) is 5.09. The van der Waals surface area contributed by atoms with Crippen molar-refractivity contribution < 1.29 is 13.5 Å². The zero-order chi connectivity index (χ0) is 21.7. The molecule has 2 aromatic heterocycles. The maximum atomic E-state index is 12.1. The summed E-state index contributed by atoms with van der Waals surface area (Å²) in [4.78, 5) is 13.1. The molecule has 1 aromatic carbocycles. The molecule has 0 aliphatic carbocycles. The zero-order valence-electron chi connectivity index (χ0n) is 17.6. The van der Waals surface area contributed by atoms with Gasteiger partial charge in [-0.3, -0.25) is 0 Å². The van der Waals surface area contributed by atoms with E-state index in [0.717, 1.165) is 0 Å². The monoisotopic (exact) mass is 430 g/mol. The van der Waals surface area contributed by atoms with Crippen molar-refractivity contribution in [3.8, 4) is 0 Å². The molecule has 0 radical (unpaired) electrons. The van der Waals surface area contributed by atoms with Crippen molar-refractivity contribution in [1.29, 1.82) is 0 Å². The number of aliphatic hydroxyl groups is 1. The first-order valence-electron chi connectivity index (χ1n) is 9.87. The van der Waals surface area contributed by atoms with Crippen LogP contribution in [0.5, 0.6) is 0 Å². The van der Waals surface area contributed by atoms with Crippen LogP contribution in [-0.4, -0.2) is 63.9 Å². The van der Waals surface area contributed by atoms with Crippen LogP contribution >= 0.6 is 0 Å². The molecule has 1 saturated heterocycles. The van der Waals surface area contributed by atoms with Gasteiger partial charge in [-0.1, -0.05) is 39.0 Å². The van der Waals surface area contributed by atoms with Gasteiger partial charge in [-0.15, -0.1) is 10.2 Å². The highest BCUT2D eigenvalue weighted by atomic mass is 32.2. The van der Waals surface area contributed by atoms with E-state index in [-0.39, 0.29) is 16.9 Å². The molecule has 1 aliphatic heterocycles. The van der Waals surface area contributed by atoms with Crippen molar-refractivity contribution in [3.05, 3.63) is 35.7 Å². The maximum Gasteiger partial charge on any atom is 0.207 e. The Hall–Kier alpha value is -2.59. The summed E-state index contributed by atoms with van der Waals surface area (Å²) in [6.45, 7) is 7.46. The van der Waals surface area contributed by atoms with Gasteiger partial charge in [0.05, 0.1) is 17.5 Å². The van der Waals surface area contributed by atoms with Crippen LogP contribution in [0.1, 0.15) is 38.6 Å². The Balaban J connectivity index is 1.81. The van der Waals surface area contributed by atoms with Gasteiger partial charge in [0.25, 0.3) is 0 Å². The highest BCUT2D eigenvalue weighted by molar-refractivity contribution is 7.90. The molecule has 30 heavy (non-hydrogen) atoms. The number of sulfone groups is 1. The number of anilines is 1. The SMILES string of the molecule is CC(C)(C)c1nc(N2CC[C@H](O)C2)c2nn(Cc3ccccc3S(C)(=O)=O)nc2n1. The lowest BCUT2D eigenvalue weighted by atomic mass is 9.96. The Morgan fingerprint density at radius 3 is 2.53 bits per heavy atom. The first kappa shape index (κ1) is 20.7. The summed E-state index contributed by atoms with van der Waals surface area (Å²) >= 11 is 0. The van der Waals surface area contributed by atoms with Crippen molar-refractivity contribution in [3.63, 3.8) is 0 Å². The fourth-order valence-corrected chi connectivity index (χ4v) is 4.48. The molecule has 160 valence electrons. The summed E-state index contributed by atoms with van der Waals surface area (Å²) in [5.74, 6) is 1.30. The highest BCUT2D eigenvalue weighted by Gasteiger charge is 2.28. The van der Waals surface area contributed by atoms with Crippen LogP contribution in [0.2, 0.25) is 0 Å². The molecule has 1 atom stereocenters. The number of rotatable bonds is 4. The molecule has 1 fully saturated rings. The Bertz CT molecular complexity index is 1200. The van der Waals surface area contributed by atoms with Crippen LogP contribution < -0.4 is 4.90 Å².